The Balaban J connectivity index is 2.08. The fraction of sp³-hybridized carbons (Fsp3) is 0.526. The average molecular weight is 284 g/mol. The number of carbonyl (C=O) groups excluding carboxylic acids is 1. The Morgan fingerprint density at radius 1 is 1.19 bits per heavy atom. The van der Waals surface area contributed by atoms with Crippen LogP contribution >= 0.6 is 0 Å². The van der Waals surface area contributed by atoms with Crippen LogP contribution in [0.15, 0.2) is 36.4 Å². The normalized spacial score (nSPS) is 26.4. The Kier molecular flexibility index (Phi) is 3.43. The smallest absolute Gasteiger partial charge is 0.334 e. The van der Waals surface area contributed by atoms with Crippen LogP contribution in [-0.2, 0) is 21.6 Å². The highest BCUT2D eigenvalue weighted by molar-refractivity contribution is 5.87. The molecule has 112 valence electrons. The van der Waals surface area contributed by atoms with E-state index in [4.69, 9.17) is 4.74 Å². The molecule has 0 saturated heterocycles. The van der Waals surface area contributed by atoms with Crippen LogP contribution in [0.1, 0.15) is 57.1 Å². The third-order valence-electron chi connectivity index (χ3n) is 5.39. The van der Waals surface area contributed by atoms with Crippen molar-refractivity contribution < 1.29 is 9.53 Å². The zero-order valence-electron chi connectivity index (χ0n) is 13.1. The summed E-state index contributed by atoms with van der Waals surface area (Å²) in [5, 5.41) is 0. The van der Waals surface area contributed by atoms with Gasteiger partial charge in [0.2, 0.25) is 0 Å². The molecule has 0 aromatic heterocycles. The molecule has 1 spiro atoms. The molecule has 1 unspecified atom stereocenters. The molecule has 0 amide bonds. The first-order chi connectivity index (χ1) is 9.98. The van der Waals surface area contributed by atoms with Gasteiger partial charge in [-0.25, -0.2) is 4.79 Å². The van der Waals surface area contributed by atoms with E-state index in [0.29, 0.717) is 5.57 Å². The van der Waals surface area contributed by atoms with Crippen molar-refractivity contribution in [3.63, 3.8) is 0 Å². The van der Waals surface area contributed by atoms with Crippen molar-refractivity contribution in [2.45, 2.75) is 58.0 Å². The quantitative estimate of drug-likeness (QED) is 0.589. The Labute approximate surface area is 127 Å². The van der Waals surface area contributed by atoms with Crippen LogP contribution < -0.4 is 0 Å². The fourth-order valence-corrected chi connectivity index (χ4v) is 3.82. The van der Waals surface area contributed by atoms with Crippen LogP contribution in [0.2, 0.25) is 0 Å². The monoisotopic (exact) mass is 284 g/mol. The molecule has 1 aromatic carbocycles. The molecule has 1 saturated carbocycles. The van der Waals surface area contributed by atoms with E-state index in [1.807, 2.05) is 0 Å². The number of hydrogen-bond donors (Lipinski definition) is 0. The molecule has 1 fully saturated rings. The van der Waals surface area contributed by atoms with Gasteiger partial charge < -0.3 is 4.74 Å². The maximum atomic E-state index is 12.2. The van der Waals surface area contributed by atoms with Gasteiger partial charge in [0.1, 0.15) is 5.60 Å². The van der Waals surface area contributed by atoms with Gasteiger partial charge in [0, 0.05) is 11.0 Å². The number of carbonyl (C=O) groups is 1. The topological polar surface area (TPSA) is 26.3 Å². The molecule has 2 aliphatic rings. The van der Waals surface area contributed by atoms with Crippen LogP contribution in [0.3, 0.4) is 0 Å². The minimum absolute atomic E-state index is 0.134. The molecule has 0 aliphatic heterocycles. The van der Waals surface area contributed by atoms with Gasteiger partial charge in [-0.3, -0.25) is 0 Å². The second-order valence-electron chi connectivity index (χ2n) is 6.85. The second-order valence-corrected chi connectivity index (χ2v) is 6.85. The van der Waals surface area contributed by atoms with E-state index in [9.17, 15) is 4.79 Å². The summed E-state index contributed by atoms with van der Waals surface area (Å²) >= 11 is 0. The summed E-state index contributed by atoms with van der Waals surface area (Å²) in [4.78, 5) is 12.2. The van der Waals surface area contributed by atoms with E-state index in [1.54, 1.807) is 6.92 Å². The van der Waals surface area contributed by atoms with Gasteiger partial charge in [0.05, 0.1) is 0 Å². The molecule has 2 aliphatic carbocycles. The predicted molar refractivity (Wildman–Crippen MR) is 83.9 cm³/mol. The molecule has 0 N–H and O–H groups in total. The third kappa shape index (κ3) is 2.31. The van der Waals surface area contributed by atoms with E-state index < -0.39 is 5.60 Å². The van der Waals surface area contributed by atoms with E-state index in [0.717, 1.165) is 25.7 Å². The summed E-state index contributed by atoms with van der Waals surface area (Å²) in [6.07, 6.45) is 6.98. The molecular weight excluding hydrogens is 260 g/mol. The number of rotatable bonds is 2. The highest BCUT2D eigenvalue weighted by Crippen LogP contribution is 2.64. The SMILES string of the molecule is C=C(C)C(=O)OC1(C)c2ccccc2CCCCC12CC2. The Hall–Kier alpha value is -1.57. The van der Waals surface area contributed by atoms with Crippen molar-refractivity contribution in [2.24, 2.45) is 5.41 Å². The van der Waals surface area contributed by atoms with Crippen LogP contribution in [0.4, 0.5) is 0 Å². The van der Waals surface area contributed by atoms with Crippen molar-refractivity contribution in [2.75, 3.05) is 0 Å². The Morgan fingerprint density at radius 2 is 1.90 bits per heavy atom. The summed E-state index contributed by atoms with van der Waals surface area (Å²) in [5.41, 5.74) is 2.64. The standard InChI is InChI=1S/C19H24O2/c1-14(2)17(20)21-18(3)16-10-5-4-8-15(16)9-6-7-11-19(18)12-13-19/h4-5,8,10H,1,6-7,9,11-13H2,2-3H3. The summed E-state index contributed by atoms with van der Waals surface area (Å²) in [6.45, 7) is 7.58. The summed E-state index contributed by atoms with van der Waals surface area (Å²) < 4.78 is 6.04. The van der Waals surface area contributed by atoms with Crippen LogP contribution in [-0.4, -0.2) is 5.97 Å². The van der Waals surface area contributed by atoms with E-state index in [-0.39, 0.29) is 11.4 Å². The van der Waals surface area contributed by atoms with E-state index in [1.165, 1.54) is 24.0 Å². The van der Waals surface area contributed by atoms with Crippen molar-refractivity contribution >= 4 is 5.97 Å². The highest BCUT2D eigenvalue weighted by atomic mass is 16.6. The first-order valence-corrected chi connectivity index (χ1v) is 7.96. The van der Waals surface area contributed by atoms with Gasteiger partial charge in [0.15, 0.2) is 0 Å². The molecule has 2 nitrogen and oxygen atoms in total. The Morgan fingerprint density at radius 3 is 2.57 bits per heavy atom. The van der Waals surface area contributed by atoms with Crippen molar-refractivity contribution in [1.29, 1.82) is 0 Å². The molecule has 1 aromatic rings. The molecule has 1 atom stereocenters. The van der Waals surface area contributed by atoms with E-state index >= 15 is 0 Å². The van der Waals surface area contributed by atoms with Crippen LogP contribution in [0.5, 0.6) is 0 Å². The van der Waals surface area contributed by atoms with Crippen LogP contribution in [0.25, 0.3) is 0 Å². The lowest BCUT2D eigenvalue weighted by Gasteiger charge is -2.41. The average Bonchev–Trinajstić information content (AvgIpc) is 3.24. The lowest BCUT2D eigenvalue weighted by Crippen LogP contribution is -2.40. The van der Waals surface area contributed by atoms with Crippen molar-refractivity contribution in [1.82, 2.24) is 0 Å². The number of benzene rings is 1. The molecule has 2 heteroatoms. The first kappa shape index (κ1) is 14.4. The summed E-state index contributed by atoms with van der Waals surface area (Å²) in [5.74, 6) is -0.265. The molecule has 21 heavy (non-hydrogen) atoms. The number of ether oxygens (including phenoxy) is 1. The summed E-state index contributed by atoms with van der Waals surface area (Å²) in [6, 6.07) is 8.47. The lowest BCUT2D eigenvalue weighted by molar-refractivity contribution is -0.164. The Bertz CT molecular complexity index is 583. The summed E-state index contributed by atoms with van der Waals surface area (Å²) in [7, 11) is 0. The van der Waals surface area contributed by atoms with Gasteiger partial charge in [-0.1, -0.05) is 37.3 Å². The molecule has 3 rings (SSSR count). The van der Waals surface area contributed by atoms with Crippen LogP contribution in [0, 0.1) is 5.41 Å². The lowest BCUT2D eigenvalue weighted by atomic mass is 9.72. The van der Waals surface area contributed by atoms with Crippen molar-refractivity contribution in [3.8, 4) is 0 Å². The number of hydrogen-bond acceptors (Lipinski definition) is 2. The minimum Gasteiger partial charge on any atom is -0.451 e. The molecule has 0 bridgehead atoms. The predicted octanol–water partition coefficient (Wildman–Crippen LogP) is 4.53. The van der Waals surface area contributed by atoms with Gasteiger partial charge in [-0.05, 0) is 57.1 Å². The molecule has 0 heterocycles. The number of aryl methyl sites for hydroxylation is 1. The second kappa shape index (κ2) is 5.01. The van der Waals surface area contributed by atoms with Gasteiger partial charge in [0.25, 0.3) is 0 Å². The van der Waals surface area contributed by atoms with Crippen molar-refractivity contribution in [3.05, 3.63) is 47.5 Å². The van der Waals surface area contributed by atoms with Gasteiger partial charge in [-0.2, -0.15) is 0 Å². The fourth-order valence-electron chi connectivity index (χ4n) is 3.82. The minimum atomic E-state index is -0.514. The number of esters is 1. The van der Waals surface area contributed by atoms with Gasteiger partial charge >= 0.3 is 5.97 Å². The van der Waals surface area contributed by atoms with Gasteiger partial charge in [-0.15, -0.1) is 0 Å². The zero-order valence-corrected chi connectivity index (χ0v) is 13.1. The zero-order chi connectivity index (χ0) is 15.1. The first-order valence-electron chi connectivity index (χ1n) is 7.96. The maximum Gasteiger partial charge on any atom is 0.334 e. The maximum absolute atomic E-state index is 12.2. The number of fused-ring (bicyclic) bond motifs is 1. The molecule has 0 radical (unpaired) electrons. The highest BCUT2D eigenvalue weighted by Gasteiger charge is 2.60. The third-order valence-corrected chi connectivity index (χ3v) is 5.39. The largest absolute Gasteiger partial charge is 0.451 e. The van der Waals surface area contributed by atoms with E-state index in [2.05, 4.69) is 37.8 Å². The molecular formula is C19H24O2.